The molecule has 1 aromatic carbocycles. The Labute approximate surface area is 116 Å². The molecule has 0 atom stereocenters. The topological polar surface area (TPSA) is 46.3 Å². The van der Waals surface area contributed by atoms with Gasteiger partial charge in [0, 0.05) is 19.1 Å². The van der Waals surface area contributed by atoms with Crippen LogP contribution in [-0.4, -0.2) is 29.9 Å². The van der Waals surface area contributed by atoms with Crippen LogP contribution in [0.15, 0.2) is 24.3 Å². The van der Waals surface area contributed by atoms with Crippen molar-refractivity contribution < 1.29 is 18.0 Å². The highest BCUT2D eigenvalue weighted by molar-refractivity contribution is 5.79. The van der Waals surface area contributed by atoms with Crippen LogP contribution in [-0.2, 0) is 17.4 Å². The maximum atomic E-state index is 12.4. The quantitative estimate of drug-likeness (QED) is 0.904. The fourth-order valence-corrected chi connectivity index (χ4v) is 1.90. The van der Waals surface area contributed by atoms with Crippen molar-refractivity contribution in [2.75, 3.05) is 13.1 Å². The Balaban J connectivity index is 2.75. The van der Waals surface area contributed by atoms with Crippen LogP contribution in [0.2, 0.25) is 0 Å². The van der Waals surface area contributed by atoms with Crippen LogP contribution in [0.4, 0.5) is 13.2 Å². The maximum Gasteiger partial charge on any atom is 0.416 e. The minimum Gasteiger partial charge on any atom is -0.339 e. The van der Waals surface area contributed by atoms with Crippen molar-refractivity contribution in [3.63, 3.8) is 0 Å². The van der Waals surface area contributed by atoms with E-state index in [0.717, 1.165) is 12.1 Å². The van der Waals surface area contributed by atoms with Crippen molar-refractivity contribution >= 4 is 5.91 Å². The molecule has 0 unspecified atom stereocenters. The predicted molar refractivity (Wildman–Crippen MR) is 71.1 cm³/mol. The zero-order valence-corrected chi connectivity index (χ0v) is 11.6. The molecular weight excluding hydrogens is 269 g/mol. The first kappa shape index (κ1) is 16.5. The predicted octanol–water partition coefficient (Wildman–Crippen LogP) is 2.44. The maximum absolute atomic E-state index is 12.4. The summed E-state index contributed by atoms with van der Waals surface area (Å²) < 4.78 is 37.3. The second-order valence-corrected chi connectivity index (χ2v) is 4.84. The fraction of sp³-hybridized carbons (Fsp3) is 0.500. The van der Waals surface area contributed by atoms with Crippen LogP contribution in [0.1, 0.15) is 25.0 Å². The number of benzene rings is 1. The molecule has 6 heteroatoms. The number of halogens is 3. The van der Waals surface area contributed by atoms with E-state index in [4.69, 9.17) is 5.73 Å². The van der Waals surface area contributed by atoms with E-state index in [1.807, 2.05) is 13.8 Å². The molecule has 20 heavy (non-hydrogen) atoms. The summed E-state index contributed by atoms with van der Waals surface area (Å²) in [4.78, 5) is 13.7. The Hall–Kier alpha value is -1.56. The molecule has 0 spiro atoms. The number of carbonyl (C=O) groups is 1. The van der Waals surface area contributed by atoms with Crippen molar-refractivity contribution in [2.45, 2.75) is 32.5 Å². The number of amides is 1. The summed E-state index contributed by atoms with van der Waals surface area (Å²) in [7, 11) is 0. The lowest BCUT2D eigenvalue weighted by Crippen LogP contribution is -2.41. The second-order valence-electron chi connectivity index (χ2n) is 4.84. The number of nitrogens with two attached hydrogens (primary N) is 1. The molecule has 0 aliphatic rings. The van der Waals surface area contributed by atoms with E-state index >= 15 is 0 Å². The minimum absolute atomic E-state index is 0.0144. The zero-order chi connectivity index (χ0) is 15.3. The van der Waals surface area contributed by atoms with E-state index in [9.17, 15) is 18.0 Å². The number of alkyl halides is 3. The lowest BCUT2D eigenvalue weighted by molar-refractivity contribution is -0.137. The molecular formula is C14H19F3N2O. The molecule has 0 heterocycles. The molecule has 0 aliphatic carbocycles. The fourth-order valence-electron chi connectivity index (χ4n) is 1.90. The third-order valence-corrected chi connectivity index (χ3v) is 2.95. The highest BCUT2D eigenvalue weighted by Gasteiger charge is 2.30. The standard InChI is InChI=1S/C14H19F3N2O/c1-10(2)19(8-7-18)13(20)9-11-3-5-12(6-4-11)14(15,16)17/h3-6,10H,7-9,18H2,1-2H3. The Morgan fingerprint density at radius 2 is 1.80 bits per heavy atom. The number of rotatable bonds is 5. The lowest BCUT2D eigenvalue weighted by Gasteiger charge is -2.26. The SMILES string of the molecule is CC(C)N(CCN)C(=O)Cc1ccc(C(F)(F)F)cc1. The van der Waals surface area contributed by atoms with Gasteiger partial charge in [0.15, 0.2) is 0 Å². The molecule has 0 aromatic heterocycles. The van der Waals surface area contributed by atoms with Gasteiger partial charge in [-0.05, 0) is 31.5 Å². The summed E-state index contributed by atoms with van der Waals surface area (Å²) in [5.74, 6) is -0.134. The van der Waals surface area contributed by atoms with Gasteiger partial charge in [-0.3, -0.25) is 4.79 Å². The van der Waals surface area contributed by atoms with Gasteiger partial charge in [-0.2, -0.15) is 13.2 Å². The van der Waals surface area contributed by atoms with Gasteiger partial charge in [0.25, 0.3) is 0 Å². The summed E-state index contributed by atoms with van der Waals surface area (Å²) in [6.45, 7) is 4.55. The van der Waals surface area contributed by atoms with Crippen LogP contribution in [0.25, 0.3) is 0 Å². The van der Waals surface area contributed by atoms with Crippen molar-refractivity contribution in [1.82, 2.24) is 4.90 Å². The number of nitrogens with zero attached hydrogens (tertiary/aromatic N) is 1. The van der Waals surface area contributed by atoms with Crippen LogP contribution in [0.5, 0.6) is 0 Å². The van der Waals surface area contributed by atoms with Crippen LogP contribution in [0, 0.1) is 0 Å². The van der Waals surface area contributed by atoms with E-state index in [2.05, 4.69) is 0 Å². The first-order chi connectivity index (χ1) is 9.25. The van der Waals surface area contributed by atoms with Gasteiger partial charge in [-0.15, -0.1) is 0 Å². The van der Waals surface area contributed by atoms with Gasteiger partial charge in [-0.1, -0.05) is 12.1 Å². The van der Waals surface area contributed by atoms with E-state index in [1.165, 1.54) is 12.1 Å². The van der Waals surface area contributed by atoms with Gasteiger partial charge >= 0.3 is 6.18 Å². The first-order valence-corrected chi connectivity index (χ1v) is 6.41. The molecule has 1 rings (SSSR count). The summed E-state index contributed by atoms with van der Waals surface area (Å²) in [6, 6.07) is 4.67. The highest BCUT2D eigenvalue weighted by atomic mass is 19.4. The molecule has 0 radical (unpaired) electrons. The molecule has 1 amide bonds. The van der Waals surface area contributed by atoms with Gasteiger partial charge in [0.2, 0.25) is 5.91 Å². The Morgan fingerprint density at radius 3 is 2.20 bits per heavy atom. The first-order valence-electron chi connectivity index (χ1n) is 6.41. The van der Waals surface area contributed by atoms with Crippen molar-refractivity contribution in [3.8, 4) is 0 Å². The molecule has 0 bridgehead atoms. The van der Waals surface area contributed by atoms with Gasteiger partial charge in [0.05, 0.1) is 12.0 Å². The Bertz CT molecular complexity index is 441. The molecule has 112 valence electrons. The summed E-state index contributed by atoms with van der Waals surface area (Å²) in [5, 5.41) is 0. The summed E-state index contributed by atoms with van der Waals surface area (Å²) in [5.41, 5.74) is 5.30. The normalized spacial score (nSPS) is 11.8. The lowest BCUT2D eigenvalue weighted by atomic mass is 10.1. The smallest absolute Gasteiger partial charge is 0.339 e. The molecule has 0 fully saturated rings. The summed E-state index contributed by atoms with van der Waals surface area (Å²) in [6.07, 6.45) is -4.28. The molecule has 0 saturated carbocycles. The zero-order valence-electron chi connectivity index (χ0n) is 11.6. The Morgan fingerprint density at radius 1 is 1.25 bits per heavy atom. The second kappa shape index (κ2) is 6.74. The minimum atomic E-state index is -4.36. The average Bonchev–Trinajstić information content (AvgIpc) is 2.34. The van der Waals surface area contributed by atoms with Crippen molar-refractivity contribution in [3.05, 3.63) is 35.4 Å². The third kappa shape index (κ3) is 4.52. The van der Waals surface area contributed by atoms with Crippen molar-refractivity contribution in [1.29, 1.82) is 0 Å². The molecule has 1 aromatic rings. The van der Waals surface area contributed by atoms with E-state index < -0.39 is 11.7 Å². The van der Waals surface area contributed by atoms with Crippen LogP contribution in [0.3, 0.4) is 0 Å². The van der Waals surface area contributed by atoms with E-state index in [1.54, 1.807) is 4.90 Å². The van der Waals surface area contributed by atoms with E-state index in [0.29, 0.717) is 18.7 Å². The third-order valence-electron chi connectivity index (χ3n) is 2.95. The monoisotopic (exact) mass is 288 g/mol. The van der Waals surface area contributed by atoms with Gasteiger partial charge in [0.1, 0.15) is 0 Å². The Kier molecular flexibility index (Phi) is 5.56. The number of carbonyl (C=O) groups excluding carboxylic acids is 1. The molecule has 0 aliphatic heterocycles. The molecule has 3 nitrogen and oxygen atoms in total. The number of hydrogen-bond donors (Lipinski definition) is 1. The van der Waals surface area contributed by atoms with Crippen molar-refractivity contribution in [2.24, 2.45) is 5.73 Å². The van der Waals surface area contributed by atoms with E-state index in [-0.39, 0.29) is 18.4 Å². The average molecular weight is 288 g/mol. The van der Waals surface area contributed by atoms with Gasteiger partial charge in [-0.25, -0.2) is 0 Å². The van der Waals surface area contributed by atoms with Gasteiger partial charge < -0.3 is 10.6 Å². The summed E-state index contributed by atoms with van der Waals surface area (Å²) >= 11 is 0. The van der Waals surface area contributed by atoms with Crippen LogP contribution >= 0.6 is 0 Å². The molecule has 0 saturated heterocycles. The number of hydrogen-bond acceptors (Lipinski definition) is 2. The van der Waals surface area contributed by atoms with Crippen LogP contribution < -0.4 is 5.73 Å². The molecule has 2 N–H and O–H groups in total. The largest absolute Gasteiger partial charge is 0.416 e. The highest BCUT2D eigenvalue weighted by Crippen LogP contribution is 2.29.